The fourth-order valence-electron chi connectivity index (χ4n) is 2.37. The van der Waals surface area contributed by atoms with E-state index in [1.807, 2.05) is 19.1 Å². The van der Waals surface area contributed by atoms with Crippen LogP contribution in [0.2, 0.25) is 5.02 Å². The van der Waals surface area contributed by atoms with E-state index in [2.05, 4.69) is 15.5 Å². The van der Waals surface area contributed by atoms with Gasteiger partial charge in [-0.05, 0) is 37.6 Å². The smallest absolute Gasteiger partial charge is 0.271 e. The van der Waals surface area contributed by atoms with E-state index in [4.69, 9.17) is 11.6 Å². The van der Waals surface area contributed by atoms with Gasteiger partial charge in [-0.15, -0.1) is 10.2 Å². The van der Waals surface area contributed by atoms with Gasteiger partial charge in [0.25, 0.3) is 5.69 Å². The predicted octanol–water partition coefficient (Wildman–Crippen LogP) is 4.26. The van der Waals surface area contributed by atoms with E-state index in [0.29, 0.717) is 15.9 Å². The second kappa shape index (κ2) is 8.41. The first kappa shape index (κ1) is 19.8. The maximum atomic E-state index is 12.5. The zero-order valence-electron chi connectivity index (χ0n) is 15.0. The Morgan fingerprint density at radius 3 is 2.82 bits per heavy atom. The molecule has 28 heavy (non-hydrogen) atoms. The molecule has 0 spiro atoms. The van der Waals surface area contributed by atoms with Crippen LogP contribution in [0.3, 0.4) is 0 Å². The van der Waals surface area contributed by atoms with Crippen LogP contribution in [-0.4, -0.2) is 30.8 Å². The summed E-state index contributed by atoms with van der Waals surface area (Å²) in [7, 11) is 0. The molecule has 0 fully saturated rings. The normalized spacial score (nSPS) is 11.8. The summed E-state index contributed by atoms with van der Waals surface area (Å²) in [5.74, 6) is -0.304. The molecule has 2 aromatic carbocycles. The zero-order valence-corrected chi connectivity index (χ0v) is 16.6. The van der Waals surface area contributed by atoms with Gasteiger partial charge in [0, 0.05) is 22.8 Å². The Bertz CT molecular complexity index is 1040. The average molecular weight is 418 g/mol. The number of hydrogen-bond donors (Lipinski definition) is 1. The molecule has 1 aromatic heterocycles. The Labute approximate surface area is 170 Å². The minimum Gasteiger partial charge on any atom is -0.325 e. The third-order valence-electron chi connectivity index (χ3n) is 3.93. The number of aromatic nitrogens is 3. The van der Waals surface area contributed by atoms with E-state index in [9.17, 15) is 14.9 Å². The molecule has 0 saturated heterocycles. The molecule has 1 unspecified atom stereocenters. The van der Waals surface area contributed by atoms with Gasteiger partial charge in [-0.3, -0.25) is 19.5 Å². The molecular weight excluding hydrogens is 402 g/mol. The highest BCUT2D eigenvalue weighted by Crippen LogP contribution is 2.27. The maximum absolute atomic E-state index is 12.5. The van der Waals surface area contributed by atoms with Gasteiger partial charge < -0.3 is 5.32 Å². The van der Waals surface area contributed by atoms with Crippen molar-refractivity contribution in [1.29, 1.82) is 0 Å². The standard InChI is InChI=1S/C18H16ClN5O3S/c1-11-6-7-14(9-16(11)19)23-10-20-22-18(23)28-12(2)17(25)21-13-4-3-5-15(8-13)24(26)27/h3-10,12H,1-2H3,(H,21,25). The van der Waals surface area contributed by atoms with Gasteiger partial charge in [0.15, 0.2) is 5.16 Å². The van der Waals surface area contributed by atoms with Gasteiger partial charge in [-0.2, -0.15) is 0 Å². The molecule has 0 saturated carbocycles. The third kappa shape index (κ3) is 4.49. The molecule has 144 valence electrons. The number of anilines is 1. The average Bonchev–Trinajstić information content (AvgIpc) is 3.12. The second-order valence-corrected chi connectivity index (χ2v) is 7.69. The summed E-state index contributed by atoms with van der Waals surface area (Å²) in [6, 6.07) is 11.4. The number of non-ortho nitro benzene ring substituents is 1. The van der Waals surface area contributed by atoms with Crippen LogP contribution in [0.4, 0.5) is 11.4 Å². The Morgan fingerprint density at radius 2 is 2.11 bits per heavy atom. The van der Waals surface area contributed by atoms with Crippen molar-refractivity contribution in [3.05, 3.63) is 69.5 Å². The SMILES string of the molecule is Cc1ccc(-n2cnnc2SC(C)C(=O)Nc2cccc([N+](=O)[O-])c2)cc1Cl. The molecule has 0 aliphatic heterocycles. The zero-order chi connectivity index (χ0) is 20.3. The van der Waals surface area contributed by atoms with Gasteiger partial charge >= 0.3 is 0 Å². The summed E-state index contributed by atoms with van der Waals surface area (Å²) < 4.78 is 1.74. The number of halogens is 1. The first-order valence-electron chi connectivity index (χ1n) is 8.23. The maximum Gasteiger partial charge on any atom is 0.271 e. The highest BCUT2D eigenvalue weighted by molar-refractivity contribution is 8.00. The van der Waals surface area contributed by atoms with Crippen molar-refractivity contribution in [2.75, 3.05) is 5.32 Å². The number of hydrogen-bond acceptors (Lipinski definition) is 6. The number of nitro groups is 1. The highest BCUT2D eigenvalue weighted by Gasteiger charge is 2.19. The summed E-state index contributed by atoms with van der Waals surface area (Å²) in [4.78, 5) is 22.8. The van der Waals surface area contributed by atoms with Gasteiger partial charge in [0.05, 0.1) is 15.9 Å². The molecule has 3 rings (SSSR count). The summed E-state index contributed by atoms with van der Waals surface area (Å²) >= 11 is 7.41. The summed E-state index contributed by atoms with van der Waals surface area (Å²) in [6.07, 6.45) is 1.55. The number of nitrogens with one attached hydrogen (secondary N) is 1. The number of carbonyl (C=O) groups is 1. The third-order valence-corrected chi connectivity index (χ3v) is 5.39. The summed E-state index contributed by atoms with van der Waals surface area (Å²) in [5.41, 5.74) is 2.01. The lowest BCUT2D eigenvalue weighted by atomic mass is 10.2. The Kier molecular flexibility index (Phi) is 5.96. The Hall–Kier alpha value is -2.91. The quantitative estimate of drug-likeness (QED) is 0.365. The molecule has 1 heterocycles. The number of thioether (sulfide) groups is 1. The van der Waals surface area contributed by atoms with Crippen LogP contribution in [0.1, 0.15) is 12.5 Å². The summed E-state index contributed by atoms with van der Waals surface area (Å²) in [6.45, 7) is 3.63. The molecule has 10 heteroatoms. The van der Waals surface area contributed by atoms with E-state index in [-0.39, 0.29) is 11.6 Å². The lowest BCUT2D eigenvalue weighted by Gasteiger charge is -2.13. The highest BCUT2D eigenvalue weighted by atomic mass is 35.5. The number of rotatable bonds is 6. The van der Waals surface area contributed by atoms with Gasteiger partial charge in [0.1, 0.15) is 6.33 Å². The van der Waals surface area contributed by atoms with Crippen LogP contribution in [0.25, 0.3) is 5.69 Å². The van der Waals surface area contributed by atoms with Gasteiger partial charge in [-0.25, -0.2) is 0 Å². The van der Waals surface area contributed by atoms with E-state index in [1.54, 1.807) is 30.0 Å². The lowest BCUT2D eigenvalue weighted by Crippen LogP contribution is -2.22. The van der Waals surface area contributed by atoms with Gasteiger partial charge in [-0.1, -0.05) is 35.5 Å². The fourth-order valence-corrected chi connectivity index (χ4v) is 3.38. The first-order valence-corrected chi connectivity index (χ1v) is 9.49. The molecule has 1 amide bonds. The molecule has 0 bridgehead atoms. The molecule has 1 atom stereocenters. The van der Waals surface area contributed by atoms with E-state index < -0.39 is 10.2 Å². The predicted molar refractivity (Wildman–Crippen MR) is 108 cm³/mol. The first-order chi connectivity index (χ1) is 13.3. The molecular formula is C18H16ClN5O3S. The van der Waals surface area contributed by atoms with E-state index in [1.165, 1.54) is 30.0 Å². The molecule has 0 aliphatic rings. The van der Waals surface area contributed by atoms with Crippen LogP contribution in [-0.2, 0) is 4.79 Å². The van der Waals surface area contributed by atoms with Crippen LogP contribution in [0.5, 0.6) is 0 Å². The number of amides is 1. The van der Waals surface area contributed by atoms with Gasteiger partial charge in [0.2, 0.25) is 5.91 Å². The molecule has 0 aliphatic carbocycles. The van der Waals surface area contributed by atoms with Crippen molar-refractivity contribution in [3.8, 4) is 5.69 Å². The monoisotopic (exact) mass is 417 g/mol. The van der Waals surface area contributed by atoms with Crippen molar-refractivity contribution in [3.63, 3.8) is 0 Å². The molecule has 1 N–H and O–H groups in total. The number of benzene rings is 2. The summed E-state index contributed by atoms with van der Waals surface area (Å²) in [5, 5.41) is 22.2. The Balaban J connectivity index is 1.73. The topological polar surface area (TPSA) is 103 Å². The molecule has 8 nitrogen and oxygen atoms in total. The molecule has 3 aromatic rings. The minimum atomic E-state index is -0.511. The molecule has 0 radical (unpaired) electrons. The number of aryl methyl sites for hydroxylation is 1. The number of carbonyl (C=O) groups excluding carboxylic acids is 1. The van der Waals surface area contributed by atoms with Crippen LogP contribution < -0.4 is 5.32 Å². The Morgan fingerprint density at radius 1 is 1.32 bits per heavy atom. The van der Waals surface area contributed by atoms with E-state index in [0.717, 1.165) is 11.3 Å². The van der Waals surface area contributed by atoms with Crippen LogP contribution in [0, 0.1) is 17.0 Å². The van der Waals surface area contributed by atoms with Crippen molar-refractivity contribution >= 4 is 40.6 Å². The largest absolute Gasteiger partial charge is 0.325 e. The van der Waals surface area contributed by atoms with Crippen molar-refractivity contribution in [1.82, 2.24) is 14.8 Å². The van der Waals surface area contributed by atoms with E-state index >= 15 is 0 Å². The number of nitro benzene ring substituents is 1. The van der Waals surface area contributed by atoms with Crippen molar-refractivity contribution in [2.24, 2.45) is 0 Å². The number of nitrogens with zero attached hydrogens (tertiary/aromatic N) is 4. The lowest BCUT2D eigenvalue weighted by molar-refractivity contribution is -0.384. The van der Waals surface area contributed by atoms with Crippen LogP contribution >= 0.6 is 23.4 Å². The minimum absolute atomic E-state index is 0.0888. The van der Waals surface area contributed by atoms with Crippen molar-refractivity contribution in [2.45, 2.75) is 24.3 Å². The van der Waals surface area contributed by atoms with Crippen molar-refractivity contribution < 1.29 is 9.72 Å². The van der Waals surface area contributed by atoms with Crippen LogP contribution in [0.15, 0.2) is 53.9 Å². The second-order valence-electron chi connectivity index (χ2n) is 5.97. The fraction of sp³-hybridized carbons (Fsp3) is 0.167.